The fourth-order valence-electron chi connectivity index (χ4n) is 1.57. The lowest BCUT2D eigenvalue weighted by molar-refractivity contribution is -0.136. The standard InChI is InChI=1S/C14H10ClNO3/c1-2-19-12(17)6-5-9-8-11(15)10-4-3-7-16-13(10)14(9)18/h3-4,7-8,18H,2H2,1H3. The molecule has 1 N–H and O–H groups in total. The fourth-order valence-corrected chi connectivity index (χ4v) is 1.83. The number of aromatic hydroxyl groups is 1. The number of rotatable bonds is 1. The number of pyridine rings is 1. The molecule has 0 aliphatic heterocycles. The highest BCUT2D eigenvalue weighted by Crippen LogP contribution is 2.32. The number of esters is 1. The first-order valence-corrected chi connectivity index (χ1v) is 5.96. The lowest BCUT2D eigenvalue weighted by Gasteiger charge is -2.04. The topological polar surface area (TPSA) is 59.4 Å². The molecule has 96 valence electrons. The number of carbonyl (C=O) groups excluding carboxylic acids is 1. The minimum atomic E-state index is -0.654. The summed E-state index contributed by atoms with van der Waals surface area (Å²) in [5.74, 6) is 4.05. The highest BCUT2D eigenvalue weighted by molar-refractivity contribution is 6.35. The van der Waals surface area contributed by atoms with Crippen LogP contribution in [0.4, 0.5) is 0 Å². The molecule has 0 bridgehead atoms. The Morgan fingerprint density at radius 1 is 1.58 bits per heavy atom. The molecule has 0 aliphatic rings. The molecule has 1 aromatic carbocycles. The van der Waals surface area contributed by atoms with Crippen molar-refractivity contribution in [3.63, 3.8) is 0 Å². The summed E-state index contributed by atoms with van der Waals surface area (Å²) in [6.45, 7) is 1.94. The van der Waals surface area contributed by atoms with Crippen LogP contribution in [0.3, 0.4) is 0 Å². The third kappa shape index (κ3) is 2.78. The van der Waals surface area contributed by atoms with Gasteiger partial charge < -0.3 is 9.84 Å². The first-order chi connectivity index (χ1) is 9.13. The minimum absolute atomic E-state index is 0.100. The Morgan fingerprint density at radius 2 is 2.37 bits per heavy atom. The van der Waals surface area contributed by atoms with E-state index in [1.165, 1.54) is 6.07 Å². The number of phenols is 1. The zero-order chi connectivity index (χ0) is 13.8. The van der Waals surface area contributed by atoms with Crippen LogP contribution < -0.4 is 0 Å². The summed E-state index contributed by atoms with van der Waals surface area (Å²) in [6.07, 6.45) is 1.54. The third-order valence-electron chi connectivity index (χ3n) is 2.39. The van der Waals surface area contributed by atoms with Gasteiger partial charge in [-0.05, 0) is 25.1 Å². The summed E-state index contributed by atoms with van der Waals surface area (Å²) in [6, 6.07) is 4.96. The molecule has 2 rings (SSSR count). The number of hydrogen-bond donors (Lipinski definition) is 1. The summed E-state index contributed by atoms with van der Waals surface area (Å²) in [4.78, 5) is 15.2. The Labute approximate surface area is 115 Å². The number of phenolic OH excluding ortho intramolecular Hbond substituents is 1. The molecular weight excluding hydrogens is 266 g/mol. The summed E-state index contributed by atoms with van der Waals surface area (Å²) >= 11 is 6.08. The third-order valence-corrected chi connectivity index (χ3v) is 2.70. The second-order valence-electron chi connectivity index (χ2n) is 3.62. The van der Waals surface area contributed by atoms with Crippen LogP contribution in [0.1, 0.15) is 12.5 Å². The van der Waals surface area contributed by atoms with Gasteiger partial charge in [0.15, 0.2) is 5.75 Å². The lowest BCUT2D eigenvalue weighted by atomic mass is 10.1. The molecule has 0 aliphatic carbocycles. The Hall–Kier alpha value is -2.25. The van der Waals surface area contributed by atoms with Crippen LogP contribution in [-0.2, 0) is 9.53 Å². The molecule has 0 spiro atoms. The molecule has 5 heteroatoms. The van der Waals surface area contributed by atoms with Gasteiger partial charge in [0.1, 0.15) is 5.52 Å². The molecule has 0 amide bonds. The van der Waals surface area contributed by atoms with Gasteiger partial charge in [-0.3, -0.25) is 4.98 Å². The van der Waals surface area contributed by atoms with Gasteiger partial charge in [-0.25, -0.2) is 4.79 Å². The minimum Gasteiger partial charge on any atom is -0.504 e. The Bertz CT molecular complexity index is 701. The Morgan fingerprint density at radius 3 is 3.11 bits per heavy atom. The van der Waals surface area contributed by atoms with Gasteiger partial charge in [0.05, 0.1) is 17.2 Å². The van der Waals surface area contributed by atoms with Crippen molar-refractivity contribution in [2.45, 2.75) is 6.92 Å². The summed E-state index contributed by atoms with van der Waals surface area (Å²) in [7, 11) is 0. The summed E-state index contributed by atoms with van der Waals surface area (Å²) in [5.41, 5.74) is 0.590. The highest BCUT2D eigenvalue weighted by Gasteiger charge is 2.09. The smallest absolute Gasteiger partial charge is 0.384 e. The van der Waals surface area contributed by atoms with Gasteiger partial charge in [0.25, 0.3) is 0 Å². The maximum Gasteiger partial charge on any atom is 0.384 e. The van der Waals surface area contributed by atoms with E-state index < -0.39 is 5.97 Å². The van der Waals surface area contributed by atoms with Gasteiger partial charge in [0.2, 0.25) is 0 Å². The molecule has 0 radical (unpaired) electrons. The van der Waals surface area contributed by atoms with Crippen molar-refractivity contribution >= 4 is 28.5 Å². The molecule has 0 saturated heterocycles. The molecule has 2 aromatic rings. The Kier molecular flexibility index (Phi) is 3.88. The van der Waals surface area contributed by atoms with Crippen LogP contribution in [0.15, 0.2) is 24.4 Å². The number of benzene rings is 1. The number of ether oxygens (including phenoxy) is 1. The molecule has 0 saturated carbocycles. The number of halogens is 1. The number of hydrogen-bond acceptors (Lipinski definition) is 4. The van der Waals surface area contributed by atoms with E-state index >= 15 is 0 Å². The van der Waals surface area contributed by atoms with Crippen molar-refractivity contribution in [1.82, 2.24) is 4.98 Å². The highest BCUT2D eigenvalue weighted by atomic mass is 35.5. The zero-order valence-corrected chi connectivity index (χ0v) is 10.9. The predicted octanol–water partition coefficient (Wildman–Crippen LogP) is 2.51. The fraction of sp³-hybridized carbons (Fsp3) is 0.143. The van der Waals surface area contributed by atoms with Crippen molar-refractivity contribution in [3.05, 3.63) is 35.0 Å². The van der Waals surface area contributed by atoms with Crippen LogP contribution in [0.5, 0.6) is 5.75 Å². The summed E-state index contributed by atoms with van der Waals surface area (Å²) in [5, 5.41) is 11.1. The monoisotopic (exact) mass is 275 g/mol. The number of aromatic nitrogens is 1. The van der Waals surface area contributed by atoms with Crippen molar-refractivity contribution in [2.24, 2.45) is 0 Å². The second-order valence-corrected chi connectivity index (χ2v) is 4.03. The number of nitrogens with zero attached hydrogens (tertiary/aromatic N) is 1. The quantitative estimate of drug-likeness (QED) is 0.642. The van der Waals surface area contributed by atoms with Crippen molar-refractivity contribution < 1.29 is 14.6 Å². The maximum atomic E-state index is 11.2. The van der Waals surface area contributed by atoms with Gasteiger partial charge in [-0.2, -0.15) is 0 Å². The number of carbonyl (C=O) groups is 1. The molecule has 1 heterocycles. The molecular formula is C14H10ClNO3. The average molecular weight is 276 g/mol. The number of fused-ring (bicyclic) bond motifs is 1. The van der Waals surface area contributed by atoms with E-state index in [1.807, 2.05) is 0 Å². The Balaban J connectivity index is 2.51. The molecule has 0 atom stereocenters. The van der Waals surface area contributed by atoms with E-state index in [4.69, 9.17) is 11.6 Å². The molecule has 1 aromatic heterocycles. The van der Waals surface area contributed by atoms with Crippen LogP contribution >= 0.6 is 11.6 Å². The van der Waals surface area contributed by atoms with Crippen LogP contribution in [0.2, 0.25) is 5.02 Å². The van der Waals surface area contributed by atoms with Crippen molar-refractivity contribution in [2.75, 3.05) is 6.61 Å². The lowest BCUT2D eigenvalue weighted by Crippen LogP contribution is -1.99. The first kappa shape index (κ1) is 13.2. The summed E-state index contributed by atoms with van der Waals surface area (Å²) < 4.78 is 4.68. The van der Waals surface area contributed by atoms with Crippen LogP contribution in [0.25, 0.3) is 10.9 Å². The van der Waals surface area contributed by atoms with Crippen LogP contribution in [-0.4, -0.2) is 22.7 Å². The molecule has 0 unspecified atom stereocenters. The largest absolute Gasteiger partial charge is 0.504 e. The molecule has 4 nitrogen and oxygen atoms in total. The van der Waals surface area contributed by atoms with Crippen molar-refractivity contribution in [3.8, 4) is 17.6 Å². The zero-order valence-electron chi connectivity index (χ0n) is 10.1. The molecule has 0 fully saturated rings. The van der Waals surface area contributed by atoms with Crippen LogP contribution in [0, 0.1) is 11.8 Å². The maximum absolute atomic E-state index is 11.2. The van der Waals surface area contributed by atoms with E-state index in [2.05, 4.69) is 21.6 Å². The van der Waals surface area contributed by atoms with Gasteiger partial charge >= 0.3 is 5.97 Å². The SMILES string of the molecule is CCOC(=O)C#Cc1cc(Cl)c2cccnc2c1O. The predicted molar refractivity (Wildman–Crippen MR) is 71.9 cm³/mol. The normalized spacial score (nSPS) is 9.79. The van der Waals surface area contributed by atoms with Gasteiger partial charge in [0, 0.05) is 17.5 Å². The van der Waals surface area contributed by atoms with E-state index in [0.717, 1.165) is 0 Å². The van der Waals surface area contributed by atoms with Gasteiger partial charge in [-0.1, -0.05) is 17.5 Å². The second kappa shape index (κ2) is 5.59. The van der Waals surface area contributed by atoms with E-state index in [1.54, 1.807) is 25.3 Å². The van der Waals surface area contributed by atoms with E-state index in [0.29, 0.717) is 15.9 Å². The van der Waals surface area contributed by atoms with Crippen molar-refractivity contribution in [1.29, 1.82) is 0 Å². The van der Waals surface area contributed by atoms with Gasteiger partial charge in [-0.15, -0.1) is 0 Å². The average Bonchev–Trinajstić information content (AvgIpc) is 2.42. The van der Waals surface area contributed by atoms with E-state index in [9.17, 15) is 9.90 Å². The van der Waals surface area contributed by atoms with E-state index in [-0.39, 0.29) is 17.9 Å². The first-order valence-electron chi connectivity index (χ1n) is 5.58. The molecule has 19 heavy (non-hydrogen) atoms.